The van der Waals surface area contributed by atoms with Gasteiger partial charge in [-0.25, -0.2) is 4.79 Å². The maximum atomic E-state index is 12.7. The monoisotopic (exact) mass is 345 g/mol. The van der Waals surface area contributed by atoms with Gasteiger partial charge in [0.2, 0.25) is 0 Å². The highest BCUT2D eigenvalue weighted by atomic mass is 16.6. The van der Waals surface area contributed by atoms with Crippen LogP contribution in [0.15, 0.2) is 24.3 Å². The molecule has 1 aromatic rings. The summed E-state index contributed by atoms with van der Waals surface area (Å²) in [4.78, 5) is 38.2. The fourth-order valence-electron chi connectivity index (χ4n) is 3.44. The number of amides is 1. The van der Waals surface area contributed by atoms with Gasteiger partial charge in [-0.3, -0.25) is 4.79 Å². The maximum absolute atomic E-state index is 12.7. The molecule has 1 spiro atoms. The molecule has 0 N–H and O–H groups in total. The lowest BCUT2D eigenvalue weighted by Gasteiger charge is -2.46. The summed E-state index contributed by atoms with van der Waals surface area (Å²) in [6.07, 6.45) is 1.12. The number of rotatable bonds is 1. The van der Waals surface area contributed by atoms with Gasteiger partial charge < -0.3 is 19.2 Å². The SMILES string of the molecule is CC(C)(C)OC(=O)N1CCC2(CC1)Oc1ccccc1C(=O)C2C=O. The highest BCUT2D eigenvalue weighted by Gasteiger charge is 2.51. The summed E-state index contributed by atoms with van der Waals surface area (Å²) in [7, 11) is 0. The lowest BCUT2D eigenvalue weighted by molar-refractivity contribution is -0.119. The Hall–Kier alpha value is -2.37. The van der Waals surface area contributed by atoms with Crippen LogP contribution in [0.4, 0.5) is 4.79 Å². The van der Waals surface area contributed by atoms with Gasteiger partial charge in [0.15, 0.2) is 5.78 Å². The van der Waals surface area contributed by atoms with E-state index in [4.69, 9.17) is 9.47 Å². The maximum Gasteiger partial charge on any atom is 0.410 e. The number of carbonyl (C=O) groups is 3. The number of ether oxygens (including phenoxy) is 2. The number of piperidine rings is 1. The number of carbonyl (C=O) groups excluding carboxylic acids is 3. The average molecular weight is 345 g/mol. The fraction of sp³-hybridized carbons (Fsp3) is 0.526. The van der Waals surface area contributed by atoms with Crippen molar-refractivity contribution in [2.75, 3.05) is 13.1 Å². The minimum Gasteiger partial charge on any atom is -0.485 e. The van der Waals surface area contributed by atoms with Crippen molar-refractivity contribution in [2.24, 2.45) is 5.92 Å². The van der Waals surface area contributed by atoms with Gasteiger partial charge in [-0.1, -0.05) is 12.1 Å². The third kappa shape index (κ3) is 3.25. The van der Waals surface area contributed by atoms with Gasteiger partial charge in [0, 0.05) is 25.9 Å². The van der Waals surface area contributed by atoms with Crippen LogP contribution in [0.2, 0.25) is 0 Å². The first kappa shape index (κ1) is 17.5. The number of hydrogen-bond donors (Lipinski definition) is 0. The minimum atomic E-state index is -0.883. The van der Waals surface area contributed by atoms with Crippen molar-refractivity contribution in [3.8, 4) is 5.75 Å². The zero-order valence-corrected chi connectivity index (χ0v) is 14.8. The summed E-state index contributed by atoms with van der Waals surface area (Å²) < 4.78 is 11.5. The Morgan fingerprint density at radius 1 is 1.28 bits per heavy atom. The number of fused-ring (bicyclic) bond motifs is 1. The molecule has 0 aliphatic carbocycles. The van der Waals surface area contributed by atoms with Crippen molar-refractivity contribution in [2.45, 2.75) is 44.8 Å². The van der Waals surface area contributed by atoms with Gasteiger partial charge in [0.05, 0.1) is 5.56 Å². The molecular formula is C19H23NO5. The van der Waals surface area contributed by atoms with Crippen LogP contribution < -0.4 is 4.74 Å². The summed E-state index contributed by atoms with van der Waals surface area (Å²) in [5.41, 5.74) is -1.00. The third-order valence-corrected chi connectivity index (χ3v) is 4.71. The van der Waals surface area contributed by atoms with Crippen molar-refractivity contribution in [3.63, 3.8) is 0 Å². The zero-order chi connectivity index (χ0) is 18.2. The molecule has 1 aromatic carbocycles. The number of aldehydes is 1. The molecule has 0 aromatic heterocycles. The number of hydrogen-bond acceptors (Lipinski definition) is 5. The number of benzene rings is 1. The molecule has 1 amide bonds. The molecule has 2 heterocycles. The quantitative estimate of drug-likeness (QED) is 0.578. The number of likely N-dealkylation sites (tertiary alicyclic amines) is 1. The van der Waals surface area contributed by atoms with Gasteiger partial charge in [-0.05, 0) is 32.9 Å². The van der Waals surface area contributed by atoms with E-state index in [1.165, 1.54) is 0 Å². The van der Waals surface area contributed by atoms with E-state index in [1.54, 1.807) is 29.2 Å². The lowest BCUT2D eigenvalue weighted by atomic mass is 9.74. The fourth-order valence-corrected chi connectivity index (χ4v) is 3.44. The smallest absolute Gasteiger partial charge is 0.410 e. The standard InChI is InChI=1S/C19H23NO5/c1-18(2,3)25-17(23)20-10-8-19(9-11-20)14(12-21)16(22)13-6-4-5-7-15(13)24-19/h4-7,12,14H,8-11H2,1-3H3. The molecule has 0 radical (unpaired) electrons. The number of ketones is 1. The molecule has 134 valence electrons. The number of para-hydroxylation sites is 1. The predicted molar refractivity (Wildman–Crippen MR) is 90.7 cm³/mol. The molecule has 6 heteroatoms. The average Bonchev–Trinajstić information content (AvgIpc) is 2.54. The number of nitrogens with zero attached hydrogens (tertiary/aromatic N) is 1. The van der Waals surface area contributed by atoms with Crippen LogP contribution in [0.1, 0.15) is 44.0 Å². The molecule has 0 bridgehead atoms. The Labute approximate surface area is 147 Å². The molecule has 2 aliphatic rings. The van der Waals surface area contributed by atoms with Crippen molar-refractivity contribution in [1.82, 2.24) is 4.90 Å². The lowest BCUT2D eigenvalue weighted by Crippen LogP contribution is -2.58. The summed E-state index contributed by atoms with van der Waals surface area (Å²) >= 11 is 0. The second-order valence-electron chi connectivity index (χ2n) is 7.61. The normalized spacial score (nSPS) is 22.1. The summed E-state index contributed by atoms with van der Waals surface area (Å²) in [5, 5.41) is 0. The van der Waals surface area contributed by atoms with E-state index < -0.39 is 17.1 Å². The second kappa shape index (κ2) is 6.17. The van der Waals surface area contributed by atoms with Crippen molar-refractivity contribution in [3.05, 3.63) is 29.8 Å². The van der Waals surface area contributed by atoms with Crippen LogP contribution in [-0.2, 0) is 9.53 Å². The molecule has 1 fully saturated rings. The molecule has 6 nitrogen and oxygen atoms in total. The first-order valence-corrected chi connectivity index (χ1v) is 8.51. The van der Waals surface area contributed by atoms with E-state index in [1.807, 2.05) is 20.8 Å². The van der Waals surface area contributed by atoms with Crippen LogP contribution in [0.25, 0.3) is 0 Å². The Kier molecular flexibility index (Phi) is 4.31. The highest BCUT2D eigenvalue weighted by Crippen LogP contribution is 2.42. The molecule has 1 atom stereocenters. The summed E-state index contributed by atoms with van der Waals surface area (Å²) in [6, 6.07) is 6.98. The predicted octanol–water partition coefficient (Wildman–Crippen LogP) is 2.85. The molecule has 3 rings (SSSR count). The van der Waals surface area contributed by atoms with Crippen molar-refractivity contribution < 1.29 is 23.9 Å². The molecule has 1 saturated heterocycles. The molecule has 1 unspecified atom stereocenters. The Bertz CT molecular complexity index is 698. The first-order chi connectivity index (χ1) is 11.8. The Morgan fingerprint density at radius 2 is 1.92 bits per heavy atom. The second-order valence-corrected chi connectivity index (χ2v) is 7.61. The molecule has 2 aliphatic heterocycles. The van der Waals surface area contributed by atoms with E-state index in [0.29, 0.717) is 43.5 Å². The minimum absolute atomic E-state index is 0.206. The number of Topliss-reactive ketones (excluding diaryl/α,β-unsaturated/α-hetero) is 1. The van der Waals surface area contributed by atoms with Crippen LogP contribution in [0, 0.1) is 5.92 Å². The van der Waals surface area contributed by atoms with Crippen LogP contribution >= 0.6 is 0 Å². The largest absolute Gasteiger partial charge is 0.485 e. The molecule has 25 heavy (non-hydrogen) atoms. The van der Waals surface area contributed by atoms with Gasteiger partial charge in [0.1, 0.15) is 29.2 Å². The van der Waals surface area contributed by atoms with Gasteiger partial charge in [0.25, 0.3) is 0 Å². The first-order valence-electron chi connectivity index (χ1n) is 8.51. The van der Waals surface area contributed by atoms with Gasteiger partial charge >= 0.3 is 6.09 Å². The van der Waals surface area contributed by atoms with Gasteiger partial charge in [-0.2, -0.15) is 0 Å². The Balaban J connectivity index is 1.79. The van der Waals surface area contributed by atoms with Crippen molar-refractivity contribution >= 4 is 18.2 Å². The summed E-state index contributed by atoms with van der Waals surface area (Å²) in [6.45, 7) is 6.22. The highest BCUT2D eigenvalue weighted by molar-refractivity contribution is 6.09. The topological polar surface area (TPSA) is 72.9 Å². The third-order valence-electron chi connectivity index (χ3n) is 4.71. The molecular weight excluding hydrogens is 322 g/mol. The van der Waals surface area contributed by atoms with E-state index in [0.717, 1.165) is 0 Å². The van der Waals surface area contributed by atoms with E-state index >= 15 is 0 Å². The van der Waals surface area contributed by atoms with Gasteiger partial charge in [-0.15, -0.1) is 0 Å². The van der Waals surface area contributed by atoms with Crippen LogP contribution in [0.3, 0.4) is 0 Å². The van der Waals surface area contributed by atoms with E-state index in [2.05, 4.69) is 0 Å². The van der Waals surface area contributed by atoms with Crippen molar-refractivity contribution in [1.29, 1.82) is 0 Å². The Morgan fingerprint density at radius 3 is 2.52 bits per heavy atom. The molecule has 0 saturated carbocycles. The summed E-state index contributed by atoms with van der Waals surface area (Å²) in [5.74, 6) is -0.540. The van der Waals surface area contributed by atoms with Crippen LogP contribution in [-0.4, -0.2) is 47.4 Å². The zero-order valence-electron chi connectivity index (χ0n) is 14.8. The van der Waals surface area contributed by atoms with E-state index in [-0.39, 0.29) is 11.9 Å². The van der Waals surface area contributed by atoms with Crippen LogP contribution in [0.5, 0.6) is 5.75 Å². The van der Waals surface area contributed by atoms with E-state index in [9.17, 15) is 14.4 Å².